The topological polar surface area (TPSA) is 85.3 Å². The van der Waals surface area contributed by atoms with Crippen molar-refractivity contribution in [3.05, 3.63) is 22.8 Å². The summed E-state index contributed by atoms with van der Waals surface area (Å²) in [5, 5.41) is 21.4. The summed E-state index contributed by atoms with van der Waals surface area (Å²) in [7, 11) is 1.83. The third-order valence-corrected chi connectivity index (χ3v) is 13.6. The van der Waals surface area contributed by atoms with Crippen LogP contribution in [-0.2, 0) is 0 Å². The number of amidine groups is 1. The normalized spacial score (nSPS) is 31.3. The van der Waals surface area contributed by atoms with E-state index < -0.39 is 26.4 Å². The molecule has 142 valence electrons. The number of aliphatic hydroxyl groups is 2. The molecule has 0 radical (unpaired) electrons. The van der Waals surface area contributed by atoms with Gasteiger partial charge in [0, 0.05) is 0 Å². The number of aliphatic hydroxyl groups excluding tert-OH is 1. The molecule has 0 aromatic heterocycles. The number of aliphatic imine (C=N–C) groups is 1. The maximum atomic E-state index is 9.88. The molecular formula is C17H29IN4O2S. The van der Waals surface area contributed by atoms with E-state index in [-0.39, 0.29) is 11.8 Å². The number of rotatable bonds is 5. The standard InChI is InChI=1S/C17H29IN4O2S/c1-4-12(8-21(3)19)14-7-13(17(23)24)9-22-16(14)20-10-18(22)15-6-5-11(2)25-15/h5,8,13-15,17,23-24H,4,6-7,9-10,19H2,1-3H3/b12-8+. The average Bonchev–Trinajstić information content (AvgIpc) is 3.17. The molecule has 3 aliphatic rings. The van der Waals surface area contributed by atoms with Crippen LogP contribution in [-0.4, -0.2) is 51.9 Å². The molecule has 3 atom stereocenters. The molecule has 3 aliphatic heterocycles. The van der Waals surface area contributed by atoms with Gasteiger partial charge in [-0.25, -0.2) is 0 Å². The number of nitrogens with zero attached hydrogens (tertiary/aromatic N) is 3. The molecule has 3 unspecified atom stereocenters. The van der Waals surface area contributed by atoms with Crippen molar-refractivity contribution in [2.75, 3.05) is 18.1 Å². The molecule has 1 saturated heterocycles. The van der Waals surface area contributed by atoms with Crippen molar-refractivity contribution in [1.29, 1.82) is 0 Å². The maximum absolute atomic E-state index is 9.88. The number of nitrogens with two attached hydrogens (primary N) is 1. The third-order valence-electron chi connectivity index (χ3n) is 4.93. The Bertz CT molecular complexity index is 593. The molecule has 3 rings (SSSR count). The SMILES string of the molecule is CC/C(=C\N(C)N)C1CC(C(O)O)CN2C1=NCI2C1CC=C(C)S1. The van der Waals surface area contributed by atoms with Crippen LogP contribution in [0.25, 0.3) is 0 Å². The molecule has 4 N–H and O–H groups in total. The number of halogens is 1. The zero-order valence-electron chi connectivity index (χ0n) is 15.1. The van der Waals surface area contributed by atoms with Crippen molar-refractivity contribution in [3.63, 3.8) is 0 Å². The fraction of sp³-hybridized carbons (Fsp3) is 0.706. The van der Waals surface area contributed by atoms with Crippen LogP contribution < -0.4 is 5.84 Å². The molecule has 0 aliphatic carbocycles. The Morgan fingerprint density at radius 3 is 2.92 bits per heavy atom. The van der Waals surface area contributed by atoms with Crippen LogP contribution in [0.3, 0.4) is 0 Å². The van der Waals surface area contributed by atoms with Crippen molar-refractivity contribution in [2.45, 2.75) is 42.7 Å². The molecular weight excluding hydrogens is 451 g/mol. The van der Waals surface area contributed by atoms with Crippen LogP contribution in [0.1, 0.15) is 33.1 Å². The second-order valence-electron chi connectivity index (χ2n) is 6.82. The van der Waals surface area contributed by atoms with Crippen LogP contribution >= 0.6 is 31.9 Å². The monoisotopic (exact) mass is 480 g/mol. The first kappa shape index (κ1) is 19.5. The Morgan fingerprint density at radius 1 is 1.60 bits per heavy atom. The zero-order chi connectivity index (χ0) is 18.1. The van der Waals surface area contributed by atoms with Crippen molar-refractivity contribution in [3.8, 4) is 0 Å². The van der Waals surface area contributed by atoms with Gasteiger partial charge >= 0.3 is 162 Å². The van der Waals surface area contributed by atoms with Crippen LogP contribution in [0.5, 0.6) is 0 Å². The van der Waals surface area contributed by atoms with Gasteiger partial charge in [-0.2, -0.15) is 0 Å². The second-order valence-corrected chi connectivity index (χ2v) is 14.6. The van der Waals surface area contributed by atoms with E-state index in [0.29, 0.717) is 3.26 Å². The summed E-state index contributed by atoms with van der Waals surface area (Å²) in [6.45, 7) is 5.06. The van der Waals surface area contributed by atoms with E-state index in [1.807, 2.05) is 25.0 Å². The molecule has 1 fully saturated rings. The predicted molar refractivity (Wildman–Crippen MR) is 113 cm³/mol. The van der Waals surface area contributed by atoms with Gasteiger partial charge < -0.3 is 0 Å². The van der Waals surface area contributed by atoms with E-state index in [1.54, 1.807) is 5.01 Å². The quantitative estimate of drug-likeness (QED) is 0.107. The van der Waals surface area contributed by atoms with Crippen molar-refractivity contribution in [2.24, 2.45) is 22.7 Å². The number of hydrogen-bond acceptors (Lipinski definition) is 7. The Balaban J connectivity index is 1.85. The molecule has 0 aromatic rings. The number of hydrazine groups is 1. The molecule has 6 nitrogen and oxygen atoms in total. The van der Waals surface area contributed by atoms with Gasteiger partial charge in [0.05, 0.1) is 0 Å². The van der Waals surface area contributed by atoms with Gasteiger partial charge in [0.25, 0.3) is 0 Å². The molecule has 0 aromatic carbocycles. The predicted octanol–water partition coefficient (Wildman–Crippen LogP) is 2.49. The van der Waals surface area contributed by atoms with Crippen molar-refractivity contribution >= 4 is 37.7 Å². The Hall–Kier alpha value is -0.290. The third kappa shape index (κ3) is 4.18. The fourth-order valence-electron chi connectivity index (χ4n) is 3.67. The number of fused-ring (bicyclic) bond motifs is 1. The molecule has 0 amide bonds. The Kier molecular flexibility index (Phi) is 6.36. The zero-order valence-corrected chi connectivity index (χ0v) is 18.1. The number of hydrogen-bond donors (Lipinski definition) is 3. The minimum atomic E-state index is -1.48. The van der Waals surface area contributed by atoms with Gasteiger partial charge in [0.2, 0.25) is 0 Å². The van der Waals surface area contributed by atoms with E-state index in [9.17, 15) is 10.2 Å². The van der Waals surface area contributed by atoms with Crippen LogP contribution in [0.15, 0.2) is 27.7 Å². The average molecular weight is 480 g/mol. The van der Waals surface area contributed by atoms with Gasteiger partial charge in [-0.05, 0) is 0 Å². The molecule has 0 bridgehead atoms. The number of alkyl halides is 2. The summed E-state index contributed by atoms with van der Waals surface area (Å²) in [6.07, 6.45) is 5.81. The van der Waals surface area contributed by atoms with Gasteiger partial charge in [-0.3, -0.25) is 0 Å². The van der Waals surface area contributed by atoms with E-state index in [1.165, 1.54) is 16.3 Å². The van der Waals surface area contributed by atoms with Crippen LogP contribution in [0, 0.1) is 11.8 Å². The van der Waals surface area contributed by atoms with Gasteiger partial charge in [0.15, 0.2) is 0 Å². The van der Waals surface area contributed by atoms with Gasteiger partial charge in [-0.15, -0.1) is 0 Å². The van der Waals surface area contributed by atoms with Crippen LogP contribution in [0.2, 0.25) is 0 Å². The fourth-order valence-corrected chi connectivity index (χ4v) is 12.9. The first-order valence-electron chi connectivity index (χ1n) is 8.74. The van der Waals surface area contributed by atoms with E-state index in [2.05, 4.69) is 23.0 Å². The number of thioether (sulfide) groups is 1. The minimum absolute atomic E-state index is 0.125. The van der Waals surface area contributed by atoms with E-state index in [4.69, 9.17) is 10.8 Å². The molecule has 25 heavy (non-hydrogen) atoms. The number of allylic oxidation sites excluding steroid dienone is 2. The summed E-state index contributed by atoms with van der Waals surface area (Å²) in [6, 6.07) is 0. The summed E-state index contributed by atoms with van der Waals surface area (Å²) < 4.78 is 4.12. The van der Waals surface area contributed by atoms with Gasteiger partial charge in [-0.1, -0.05) is 0 Å². The first-order chi connectivity index (χ1) is 11.9. The summed E-state index contributed by atoms with van der Waals surface area (Å²) in [5.41, 5.74) is 1.23. The Labute approximate surface area is 161 Å². The molecule has 0 spiro atoms. The summed E-state index contributed by atoms with van der Waals surface area (Å²) >= 11 is 0.525. The second kappa shape index (κ2) is 8.16. The van der Waals surface area contributed by atoms with Gasteiger partial charge in [0.1, 0.15) is 0 Å². The first-order valence-corrected chi connectivity index (χ1v) is 13.4. The molecule has 0 saturated carbocycles. The summed E-state index contributed by atoms with van der Waals surface area (Å²) in [5.74, 6) is 7.06. The van der Waals surface area contributed by atoms with Crippen LogP contribution in [0.4, 0.5) is 0 Å². The van der Waals surface area contributed by atoms with Crippen molar-refractivity contribution < 1.29 is 10.2 Å². The van der Waals surface area contributed by atoms with Crippen molar-refractivity contribution in [1.82, 2.24) is 8.12 Å². The van der Waals surface area contributed by atoms with E-state index in [0.717, 1.165) is 30.4 Å². The number of piperidine rings is 1. The van der Waals surface area contributed by atoms with E-state index >= 15 is 0 Å². The molecule has 8 heteroatoms. The summed E-state index contributed by atoms with van der Waals surface area (Å²) in [4.78, 5) is 6.39. The molecule has 3 heterocycles. The Morgan fingerprint density at radius 2 is 2.36 bits per heavy atom.